The van der Waals surface area contributed by atoms with Crippen molar-refractivity contribution in [3.63, 3.8) is 0 Å². The number of fused-ring (bicyclic) bond motifs is 1. The molecular formula is C8H12N4. The molecule has 4 nitrogen and oxygen atoms in total. The highest BCUT2D eigenvalue weighted by molar-refractivity contribution is 5.62. The number of aromatic nitrogens is 2. The van der Waals surface area contributed by atoms with Crippen LogP contribution in [0.25, 0.3) is 0 Å². The van der Waals surface area contributed by atoms with Gasteiger partial charge in [-0.3, -0.25) is 0 Å². The molecule has 0 aliphatic carbocycles. The summed E-state index contributed by atoms with van der Waals surface area (Å²) in [5, 5.41) is 6.55. The summed E-state index contributed by atoms with van der Waals surface area (Å²) in [6.45, 7) is 4.24. The molecule has 1 aromatic heterocycles. The van der Waals surface area contributed by atoms with Crippen LogP contribution in [-0.4, -0.2) is 22.1 Å². The molecular weight excluding hydrogens is 152 g/mol. The van der Waals surface area contributed by atoms with Crippen LogP contribution >= 0.6 is 0 Å². The quantitative estimate of drug-likeness (QED) is 0.602. The summed E-state index contributed by atoms with van der Waals surface area (Å²) in [4.78, 5) is 8.34. The molecule has 0 amide bonds. The molecule has 1 aromatic rings. The molecule has 0 aromatic carbocycles. The third-order valence-corrected chi connectivity index (χ3v) is 2.18. The van der Waals surface area contributed by atoms with Gasteiger partial charge in [0.15, 0.2) is 11.6 Å². The lowest BCUT2D eigenvalue weighted by Crippen LogP contribution is -2.39. The smallest absolute Gasteiger partial charge is 0.169 e. The summed E-state index contributed by atoms with van der Waals surface area (Å²) in [7, 11) is 0. The number of nitrogens with zero attached hydrogens (tertiary/aromatic N) is 2. The van der Waals surface area contributed by atoms with Gasteiger partial charge in [-0.2, -0.15) is 0 Å². The largest absolute Gasteiger partial charge is 0.362 e. The fraction of sp³-hybridized carbons (Fsp3) is 0.500. The second-order valence-electron chi connectivity index (χ2n) is 3.12. The van der Waals surface area contributed by atoms with E-state index in [1.165, 1.54) is 0 Å². The molecule has 1 aliphatic heterocycles. The van der Waals surface area contributed by atoms with E-state index in [9.17, 15) is 0 Å². The Hall–Kier alpha value is -1.32. The second-order valence-corrected chi connectivity index (χ2v) is 3.12. The van der Waals surface area contributed by atoms with Gasteiger partial charge in [0.25, 0.3) is 0 Å². The number of rotatable bonds is 0. The van der Waals surface area contributed by atoms with Gasteiger partial charge < -0.3 is 10.6 Å². The summed E-state index contributed by atoms with van der Waals surface area (Å²) >= 11 is 0. The first-order chi connectivity index (χ1) is 5.77. The zero-order valence-corrected chi connectivity index (χ0v) is 7.20. The zero-order chi connectivity index (χ0) is 8.55. The van der Waals surface area contributed by atoms with Crippen molar-refractivity contribution in [2.45, 2.75) is 25.9 Å². The highest BCUT2D eigenvalue weighted by Crippen LogP contribution is 2.22. The standard InChI is InChI=1S/C8H12N4/c1-5-6(2)12-8-7(11-5)9-3-4-10-8/h3-6H,1-2H3,(H,9,11)(H,10,12). The van der Waals surface area contributed by atoms with Crippen molar-refractivity contribution in [2.75, 3.05) is 10.6 Å². The van der Waals surface area contributed by atoms with E-state index in [-0.39, 0.29) is 0 Å². The molecule has 0 spiro atoms. The fourth-order valence-electron chi connectivity index (χ4n) is 1.23. The van der Waals surface area contributed by atoms with Crippen LogP contribution in [0.2, 0.25) is 0 Å². The van der Waals surface area contributed by atoms with Gasteiger partial charge in [0, 0.05) is 24.5 Å². The van der Waals surface area contributed by atoms with E-state index < -0.39 is 0 Å². The molecule has 2 atom stereocenters. The van der Waals surface area contributed by atoms with Gasteiger partial charge in [-0.1, -0.05) is 0 Å². The Kier molecular flexibility index (Phi) is 1.60. The summed E-state index contributed by atoms with van der Waals surface area (Å²) in [5.74, 6) is 1.70. The molecule has 0 fully saturated rings. The van der Waals surface area contributed by atoms with Gasteiger partial charge in [-0.05, 0) is 13.8 Å². The molecule has 64 valence electrons. The SMILES string of the molecule is CC1Nc2nccnc2NC1C. The van der Waals surface area contributed by atoms with Crippen molar-refractivity contribution in [3.05, 3.63) is 12.4 Å². The van der Waals surface area contributed by atoms with Gasteiger partial charge in [0.1, 0.15) is 0 Å². The van der Waals surface area contributed by atoms with Crippen LogP contribution in [0.15, 0.2) is 12.4 Å². The lowest BCUT2D eigenvalue weighted by atomic mass is 10.1. The minimum atomic E-state index is 0.397. The number of hydrogen-bond donors (Lipinski definition) is 2. The third-order valence-electron chi connectivity index (χ3n) is 2.18. The van der Waals surface area contributed by atoms with Crippen LogP contribution < -0.4 is 10.6 Å². The topological polar surface area (TPSA) is 49.8 Å². The summed E-state index contributed by atoms with van der Waals surface area (Å²) in [6, 6.07) is 0.795. The maximum atomic E-state index is 4.17. The van der Waals surface area contributed by atoms with Gasteiger partial charge in [-0.25, -0.2) is 9.97 Å². The number of nitrogens with one attached hydrogen (secondary N) is 2. The van der Waals surface area contributed by atoms with E-state index in [1.807, 2.05) is 0 Å². The van der Waals surface area contributed by atoms with E-state index >= 15 is 0 Å². The fourth-order valence-corrected chi connectivity index (χ4v) is 1.23. The molecule has 2 heterocycles. The molecule has 0 radical (unpaired) electrons. The molecule has 0 saturated heterocycles. The average Bonchev–Trinajstić information content (AvgIpc) is 2.07. The van der Waals surface area contributed by atoms with Crippen LogP contribution in [0.3, 0.4) is 0 Å². The van der Waals surface area contributed by atoms with Gasteiger partial charge in [0.2, 0.25) is 0 Å². The van der Waals surface area contributed by atoms with E-state index in [0.29, 0.717) is 12.1 Å². The molecule has 2 rings (SSSR count). The number of anilines is 2. The average molecular weight is 164 g/mol. The highest BCUT2D eigenvalue weighted by atomic mass is 15.2. The minimum absolute atomic E-state index is 0.397. The van der Waals surface area contributed by atoms with Crippen LogP contribution in [0.4, 0.5) is 11.6 Å². The zero-order valence-electron chi connectivity index (χ0n) is 7.20. The van der Waals surface area contributed by atoms with E-state index in [1.54, 1.807) is 12.4 Å². The summed E-state index contributed by atoms with van der Waals surface area (Å²) in [6.07, 6.45) is 3.38. The van der Waals surface area contributed by atoms with Crippen molar-refractivity contribution >= 4 is 11.6 Å². The Balaban J connectivity index is 2.34. The molecule has 12 heavy (non-hydrogen) atoms. The summed E-state index contributed by atoms with van der Waals surface area (Å²) in [5.41, 5.74) is 0. The lowest BCUT2D eigenvalue weighted by Gasteiger charge is -2.29. The van der Waals surface area contributed by atoms with Crippen LogP contribution in [0.1, 0.15) is 13.8 Å². The van der Waals surface area contributed by atoms with Crippen molar-refractivity contribution in [1.29, 1.82) is 0 Å². The Bertz CT molecular complexity index is 257. The van der Waals surface area contributed by atoms with Crippen molar-refractivity contribution in [3.8, 4) is 0 Å². The first kappa shape index (κ1) is 7.34. The normalized spacial score (nSPS) is 26.8. The van der Waals surface area contributed by atoms with Crippen molar-refractivity contribution < 1.29 is 0 Å². The molecule has 4 heteroatoms. The molecule has 2 N–H and O–H groups in total. The molecule has 2 unspecified atom stereocenters. The third kappa shape index (κ3) is 1.09. The minimum Gasteiger partial charge on any atom is -0.362 e. The summed E-state index contributed by atoms with van der Waals surface area (Å²) < 4.78 is 0. The molecule has 1 aliphatic rings. The maximum Gasteiger partial charge on any atom is 0.169 e. The number of hydrogen-bond acceptors (Lipinski definition) is 4. The van der Waals surface area contributed by atoms with Crippen LogP contribution in [-0.2, 0) is 0 Å². The molecule has 0 bridgehead atoms. The van der Waals surface area contributed by atoms with Gasteiger partial charge in [-0.15, -0.1) is 0 Å². The molecule has 0 saturated carbocycles. The maximum absolute atomic E-state index is 4.17. The van der Waals surface area contributed by atoms with Crippen LogP contribution in [0, 0.1) is 0 Å². The van der Waals surface area contributed by atoms with E-state index in [2.05, 4.69) is 34.4 Å². The Morgan fingerprint density at radius 1 is 1.00 bits per heavy atom. The van der Waals surface area contributed by atoms with E-state index in [4.69, 9.17) is 0 Å². The first-order valence-electron chi connectivity index (χ1n) is 4.11. The van der Waals surface area contributed by atoms with E-state index in [0.717, 1.165) is 11.6 Å². The monoisotopic (exact) mass is 164 g/mol. The first-order valence-corrected chi connectivity index (χ1v) is 4.11. The predicted octanol–water partition coefficient (Wildman–Crippen LogP) is 1.09. The van der Waals surface area contributed by atoms with Gasteiger partial charge in [0.05, 0.1) is 0 Å². The van der Waals surface area contributed by atoms with Crippen molar-refractivity contribution in [2.24, 2.45) is 0 Å². The van der Waals surface area contributed by atoms with Crippen LogP contribution in [0.5, 0.6) is 0 Å². The predicted molar refractivity (Wildman–Crippen MR) is 48.2 cm³/mol. The second kappa shape index (κ2) is 2.62. The Morgan fingerprint density at radius 3 is 1.83 bits per heavy atom. The lowest BCUT2D eigenvalue weighted by molar-refractivity contribution is 0.653. The highest BCUT2D eigenvalue weighted by Gasteiger charge is 2.21. The van der Waals surface area contributed by atoms with Gasteiger partial charge >= 0.3 is 0 Å². The Labute approximate surface area is 71.4 Å². The Morgan fingerprint density at radius 2 is 1.42 bits per heavy atom. The van der Waals surface area contributed by atoms with Crippen molar-refractivity contribution in [1.82, 2.24) is 9.97 Å².